The molecule has 0 saturated carbocycles. The van der Waals surface area contributed by atoms with Crippen LogP contribution in [-0.4, -0.2) is 35.0 Å². The predicted molar refractivity (Wildman–Crippen MR) is 190 cm³/mol. The Hall–Kier alpha value is -6.73. The maximum absolute atomic E-state index is 15.4. The van der Waals surface area contributed by atoms with E-state index in [2.05, 4.69) is 24.3 Å². The normalized spacial score (nSPS) is 11.8. The Kier molecular flexibility index (Phi) is 5.59. The first kappa shape index (κ1) is 26.5. The fraction of sp³-hybridized carbons (Fsp3) is 0. The van der Waals surface area contributed by atoms with Crippen molar-refractivity contribution in [3.8, 4) is 22.5 Å². The number of carbonyl (C=O) groups is 1. The Morgan fingerprint density at radius 2 is 0.854 bits per heavy atom. The molecule has 6 heterocycles. The van der Waals surface area contributed by atoms with E-state index in [-0.39, 0.29) is 5.78 Å². The molecule has 0 spiro atoms. The Bertz CT molecular complexity index is 2710. The first-order valence-electron chi connectivity index (χ1n) is 15.8. The van der Waals surface area contributed by atoms with E-state index in [1.54, 1.807) is 12.4 Å². The number of fused-ring (bicyclic) bond motifs is 10. The van der Waals surface area contributed by atoms with Crippen LogP contribution >= 0.6 is 0 Å². The molecular formula is C41H24N6O. The highest BCUT2D eigenvalue weighted by molar-refractivity contribution is 6.23. The molecule has 0 amide bonds. The molecule has 4 aromatic carbocycles. The molecule has 7 nitrogen and oxygen atoms in total. The van der Waals surface area contributed by atoms with Crippen LogP contribution in [0.5, 0.6) is 0 Å². The van der Waals surface area contributed by atoms with Gasteiger partial charge in [0, 0.05) is 45.1 Å². The van der Waals surface area contributed by atoms with Gasteiger partial charge in [-0.1, -0.05) is 109 Å². The summed E-state index contributed by atoms with van der Waals surface area (Å²) in [6.45, 7) is 0. The van der Waals surface area contributed by atoms with Gasteiger partial charge in [0.05, 0.1) is 44.2 Å². The lowest BCUT2D eigenvalue weighted by Crippen LogP contribution is -2.05. The van der Waals surface area contributed by atoms with Crippen LogP contribution in [-0.2, 0) is 0 Å². The van der Waals surface area contributed by atoms with Crippen LogP contribution < -0.4 is 0 Å². The zero-order valence-corrected chi connectivity index (χ0v) is 25.4. The summed E-state index contributed by atoms with van der Waals surface area (Å²) < 4.78 is 3.78. The van der Waals surface area contributed by atoms with Gasteiger partial charge in [-0.05, 0) is 24.3 Å². The van der Waals surface area contributed by atoms with E-state index in [4.69, 9.17) is 20.2 Å². The van der Waals surface area contributed by atoms with Crippen molar-refractivity contribution in [1.29, 1.82) is 0 Å². The van der Waals surface area contributed by atoms with Crippen LogP contribution in [0.25, 0.3) is 77.2 Å². The lowest BCUT2D eigenvalue weighted by molar-refractivity contribution is 0.104. The van der Waals surface area contributed by atoms with Crippen molar-refractivity contribution >= 4 is 60.4 Å². The van der Waals surface area contributed by atoms with Gasteiger partial charge >= 0.3 is 0 Å². The Balaban J connectivity index is 1.34. The molecule has 0 atom stereocenters. The minimum atomic E-state index is -0.155. The van der Waals surface area contributed by atoms with Crippen LogP contribution in [0.3, 0.4) is 0 Å². The van der Waals surface area contributed by atoms with Crippen molar-refractivity contribution < 1.29 is 4.79 Å². The van der Waals surface area contributed by atoms with Gasteiger partial charge in [0.1, 0.15) is 11.4 Å². The SMILES string of the molecule is O=C(c1c(-c2ccccc2)nn2c1ccc1ccc3cccnc3c12)c1c(-c2ccccc2)nn2c1ccc1ccc3cccnc3c12. The summed E-state index contributed by atoms with van der Waals surface area (Å²) in [4.78, 5) is 24.9. The molecule has 0 aliphatic heterocycles. The van der Waals surface area contributed by atoms with Crippen LogP contribution in [0.2, 0.25) is 0 Å². The van der Waals surface area contributed by atoms with Crippen molar-refractivity contribution in [3.05, 3.63) is 157 Å². The molecule has 0 aliphatic rings. The van der Waals surface area contributed by atoms with Gasteiger partial charge in [0.2, 0.25) is 5.78 Å². The standard InChI is InChI=1S/C41H24N6O/c48-41(33-31-21-19-29-17-15-27-13-7-23-42-37(27)39(29)46(31)44-35(33)25-9-3-1-4-10-25)34-32-22-20-30-18-16-28-14-8-24-43-38(28)40(30)47(32)45-36(34)26-11-5-2-6-12-26/h1-24H. The van der Waals surface area contributed by atoms with E-state index in [0.717, 1.165) is 54.7 Å². The van der Waals surface area contributed by atoms with Crippen LogP contribution in [0.1, 0.15) is 15.9 Å². The van der Waals surface area contributed by atoms with E-state index < -0.39 is 0 Å². The first-order chi connectivity index (χ1) is 23.7. The van der Waals surface area contributed by atoms with E-state index in [0.29, 0.717) is 33.5 Å². The first-order valence-corrected chi connectivity index (χ1v) is 15.8. The van der Waals surface area contributed by atoms with Crippen molar-refractivity contribution in [2.24, 2.45) is 0 Å². The topological polar surface area (TPSA) is 77.5 Å². The Labute approximate surface area is 273 Å². The summed E-state index contributed by atoms with van der Waals surface area (Å²) in [5.41, 5.74) is 8.71. The number of ketones is 1. The summed E-state index contributed by atoms with van der Waals surface area (Å²) in [5, 5.41) is 14.4. The zero-order valence-electron chi connectivity index (χ0n) is 25.4. The quantitative estimate of drug-likeness (QED) is 0.146. The van der Waals surface area contributed by atoms with Crippen molar-refractivity contribution in [1.82, 2.24) is 29.2 Å². The largest absolute Gasteiger partial charge is 0.288 e. The van der Waals surface area contributed by atoms with E-state index in [9.17, 15) is 0 Å². The number of rotatable bonds is 4. The average Bonchev–Trinajstić information content (AvgIpc) is 3.75. The molecule has 6 aromatic heterocycles. The fourth-order valence-electron chi connectivity index (χ4n) is 7.02. The minimum Gasteiger partial charge on any atom is -0.288 e. The van der Waals surface area contributed by atoms with Crippen molar-refractivity contribution in [3.63, 3.8) is 0 Å². The highest BCUT2D eigenvalue weighted by Crippen LogP contribution is 2.37. The summed E-state index contributed by atoms with van der Waals surface area (Å²) in [6.07, 6.45) is 3.59. The summed E-state index contributed by atoms with van der Waals surface area (Å²) >= 11 is 0. The zero-order chi connectivity index (χ0) is 31.8. The van der Waals surface area contributed by atoms with Crippen LogP contribution in [0, 0.1) is 0 Å². The van der Waals surface area contributed by atoms with Crippen LogP contribution in [0.15, 0.2) is 146 Å². The van der Waals surface area contributed by atoms with E-state index >= 15 is 4.79 Å². The number of aromatic nitrogens is 6. The third-order valence-electron chi connectivity index (χ3n) is 9.21. The Morgan fingerprint density at radius 3 is 1.31 bits per heavy atom. The highest BCUT2D eigenvalue weighted by Gasteiger charge is 2.30. The molecule has 48 heavy (non-hydrogen) atoms. The monoisotopic (exact) mass is 616 g/mol. The van der Waals surface area contributed by atoms with Crippen LogP contribution in [0.4, 0.5) is 0 Å². The lowest BCUT2D eigenvalue weighted by Gasteiger charge is -2.08. The smallest absolute Gasteiger partial charge is 0.201 e. The second-order valence-electron chi connectivity index (χ2n) is 11.9. The van der Waals surface area contributed by atoms with Gasteiger partial charge in [-0.2, -0.15) is 10.2 Å². The lowest BCUT2D eigenvalue weighted by atomic mass is 9.95. The summed E-state index contributed by atoms with van der Waals surface area (Å²) in [6, 6.07) is 44.1. The molecule has 7 heteroatoms. The molecule has 0 bridgehead atoms. The second-order valence-corrected chi connectivity index (χ2v) is 11.9. The number of hydrogen-bond acceptors (Lipinski definition) is 5. The number of pyridine rings is 4. The third kappa shape index (κ3) is 3.78. The number of nitrogens with zero attached hydrogens (tertiary/aromatic N) is 6. The average molecular weight is 617 g/mol. The molecular weight excluding hydrogens is 592 g/mol. The summed E-state index contributed by atoms with van der Waals surface area (Å²) in [5.74, 6) is -0.155. The Morgan fingerprint density at radius 1 is 0.438 bits per heavy atom. The maximum Gasteiger partial charge on any atom is 0.201 e. The van der Waals surface area contributed by atoms with E-state index in [1.165, 1.54) is 0 Å². The molecule has 224 valence electrons. The molecule has 0 fully saturated rings. The molecule has 0 unspecified atom stereocenters. The van der Waals surface area contributed by atoms with Crippen molar-refractivity contribution in [2.45, 2.75) is 0 Å². The molecule has 10 aromatic rings. The molecule has 0 N–H and O–H groups in total. The van der Waals surface area contributed by atoms with Gasteiger partial charge < -0.3 is 0 Å². The number of benzene rings is 4. The molecule has 10 rings (SSSR count). The highest BCUT2D eigenvalue weighted by atomic mass is 16.1. The third-order valence-corrected chi connectivity index (χ3v) is 9.21. The minimum absolute atomic E-state index is 0.155. The van der Waals surface area contributed by atoms with Gasteiger partial charge in [-0.25, -0.2) is 9.03 Å². The number of carbonyl (C=O) groups excluding carboxylic acids is 1. The van der Waals surface area contributed by atoms with Crippen molar-refractivity contribution in [2.75, 3.05) is 0 Å². The molecule has 0 radical (unpaired) electrons. The predicted octanol–water partition coefficient (Wildman–Crippen LogP) is 8.95. The van der Waals surface area contributed by atoms with Gasteiger partial charge in [-0.3, -0.25) is 14.8 Å². The summed E-state index contributed by atoms with van der Waals surface area (Å²) in [7, 11) is 0. The molecule has 0 saturated heterocycles. The fourth-order valence-corrected chi connectivity index (χ4v) is 7.02. The van der Waals surface area contributed by atoms with Gasteiger partial charge in [0.15, 0.2) is 0 Å². The number of hydrogen-bond donors (Lipinski definition) is 0. The van der Waals surface area contributed by atoms with Gasteiger partial charge in [-0.15, -0.1) is 0 Å². The molecule has 0 aliphatic carbocycles. The van der Waals surface area contributed by atoms with Gasteiger partial charge in [0.25, 0.3) is 0 Å². The second kappa shape index (κ2) is 10.1. The maximum atomic E-state index is 15.4. The van der Waals surface area contributed by atoms with E-state index in [1.807, 2.05) is 118 Å².